The third-order valence-corrected chi connectivity index (χ3v) is 7.47. The van der Waals surface area contributed by atoms with E-state index in [4.69, 9.17) is 0 Å². The van der Waals surface area contributed by atoms with Crippen LogP contribution in [0.3, 0.4) is 0 Å². The van der Waals surface area contributed by atoms with Crippen molar-refractivity contribution in [2.75, 3.05) is 25.6 Å². The van der Waals surface area contributed by atoms with Crippen LogP contribution in [0.4, 0.5) is 0 Å². The molecule has 26 heavy (non-hydrogen) atoms. The van der Waals surface area contributed by atoms with E-state index in [1.54, 1.807) is 12.4 Å². The Morgan fingerprint density at radius 1 is 1.35 bits per heavy atom. The number of aryl methyl sites for hydroxylation is 2. The minimum absolute atomic E-state index is 0.146. The highest BCUT2D eigenvalue weighted by atomic mass is 32.2. The first-order valence-corrected chi connectivity index (χ1v) is 11.5. The van der Waals surface area contributed by atoms with Gasteiger partial charge in [0.1, 0.15) is 5.82 Å². The van der Waals surface area contributed by atoms with Crippen LogP contribution in [0.5, 0.6) is 0 Å². The number of rotatable bonds is 8. The minimum atomic E-state index is -3.80. The standard InChI is InChI=1S/C14H25N5O5S2/c1-4-13-15-6-8-19(13)7-5-14(20)16-11-9-25(21,22)10-12(11)17-26(23,24)18(2)3/h6,8,11-12,17H,4-5,7,9-10H2,1-3H3,(H,16,20)/t11-,12-/m1/s1. The molecule has 10 nitrogen and oxygen atoms in total. The molecule has 1 amide bonds. The maximum Gasteiger partial charge on any atom is 0.279 e. The molecule has 0 radical (unpaired) electrons. The van der Waals surface area contributed by atoms with Gasteiger partial charge in [0, 0.05) is 45.9 Å². The SMILES string of the molecule is CCc1nccn1CCC(=O)N[C@@H]1CS(=O)(=O)C[C@H]1NS(=O)(=O)N(C)C. The van der Waals surface area contributed by atoms with Gasteiger partial charge in [-0.2, -0.15) is 17.4 Å². The Kier molecular flexibility index (Phi) is 6.42. The van der Waals surface area contributed by atoms with Gasteiger partial charge >= 0.3 is 0 Å². The second-order valence-corrected chi connectivity index (χ2v) is 10.5. The number of hydrogen-bond donors (Lipinski definition) is 2. The van der Waals surface area contributed by atoms with E-state index < -0.39 is 32.1 Å². The summed E-state index contributed by atoms with van der Waals surface area (Å²) in [7, 11) is -4.55. The summed E-state index contributed by atoms with van der Waals surface area (Å²) in [6.45, 7) is 2.38. The summed E-state index contributed by atoms with van der Waals surface area (Å²) in [5.41, 5.74) is 0. The van der Waals surface area contributed by atoms with E-state index in [-0.39, 0.29) is 23.8 Å². The van der Waals surface area contributed by atoms with Gasteiger partial charge in [0.2, 0.25) is 5.91 Å². The highest BCUT2D eigenvalue weighted by Crippen LogP contribution is 2.14. The lowest BCUT2D eigenvalue weighted by atomic mass is 10.2. The fraction of sp³-hybridized carbons (Fsp3) is 0.714. The number of sulfone groups is 1. The fourth-order valence-electron chi connectivity index (χ4n) is 2.76. The number of nitrogens with one attached hydrogen (secondary N) is 2. The van der Waals surface area contributed by atoms with Gasteiger partial charge in [-0.3, -0.25) is 4.79 Å². The zero-order valence-electron chi connectivity index (χ0n) is 15.0. The van der Waals surface area contributed by atoms with Crippen molar-refractivity contribution in [3.05, 3.63) is 18.2 Å². The molecular weight excluding hydrogens is 382 g/mol. The lowest BCUT2D eigenvalue weighted by Crippen LogP contribution is -2.53. The van der Waals surface area contributed by atoms with E-state index in [0.29, 0.717) is 6.54 Å². The molecule has 1 aromatic rings. The van der Waals surface area contributed by atoms with Crippen LogP contribution in [0.25, 0.3) is 0 Å². The molecule has 2 N–H and O–H groups in total. The van der Waals surface area contributed by atoms with Crippen LogP contribution in [-0.4, -0.2) is 74.3 Å². The summed E-state index contributed by atoms with van der Waals surface area (Å²) in [5, 5.41) is 2.65. The van der Waals surface area contributed by atoms with Gasteiger partial charge in [-0.1, -0.05) is 6.92 Å². The summed E-state index contributed by atoms with van der Waals surface area (Å²) in [6, 6.07) is -1.69. The molecule has 0 aromatic carbocycles. The second-order valence-electron chi connectivity index (χ2n) is 6.40. The van der Waals surface area contributed by atoms with Crippen molar-refractivity contribution in [3.63, 3.8) is 0 Å². The summed E-state index contributed by atoms with van der Waals surface area (Å²) in [5.74, 6) is -0.105. The molecule has 1 aromatic heterocycles. The van der Waals surface area contributed by atoms with Crippen molar-refractivity contribution < 1.29 is 21.6 Å². The second kappa shape index (κ2) is 8.03. The van der Waals surface area contributed by atoms with Crippen LogP contribution >= 0.6 is 0 Å². The van der Waals surface area contributed by atoms with Crippen molar-refractivity contribution in [1.29, 1.82) is 0 Å². The van der Waals surface area contributed by atoms with Crippen molar-refractivity contribution in [2.45, 2.75) is 38.4 Å². The first kappa shape index (κ1) is 20.8. The van der Waals surface area contributed by atoms with Gasteiger partial charge in [-0.15, -0.1) is 0 Å². The monoisotopic (exact) mass is 407 g/mol. The first-order valence-electron chi connectivity index (χ1n) is 8.23. The summed E-state index contributed by atoms with van der Waals surface area (Å²) < 4.78 is 52.9. The van der Waals surface area contributed by atoms with E-state index >= 15 is 0 Å². The molecule has 1 fully saturated rings. The Bertz CT molecular complexity index is 847. The average Bonchev–Trinajstić information content (AvgIpc) is 3.08. The van der Waals surface area contributed by atoms with E-state index in [2.05, 4.69) is 15.0 Å². The van der Waals surface area contributed by atoms with Crippen molar-refractivity contribution in [3.8, 4) is 0 Å². The quantitative estimate of drug-likeness (QED) is 0.540. The van der Waals surface area contributed by atoms with Crippen LogP contribution in [0.15, 0.2) is 12.4 Å². The minimum Gasteiger partial charge on any atom is -0.351 e. The summed E-state index contributed by atoms with van der Waals surface area (Å²) in [4.78, 5) is 16.4. The molecule has 0 spiro atoms. The first-order chi connectivity index (χ1) is 12.0. The molecule has 2 heterocycles. The van der Waals surface area contributed by atoms with Gasteiger partial charge in [-0.25, -0.2) is 13.4 Å². The maximum absolute atomic E-state index is 12.2. The normalized spacial score (nSPS) is 22.6. The van der Waals surface area contributed by atoms with Gasteiger partial charge in [0.15, 0.2) is 9.84 Å². The van der Waals surface area contributed by atoms with E-state index in [1.807, 2.05) is 11.5 Å². The molecule has 1 aliphatic rings. The van der Waals surface area contributed by atoms with Crippen molar-refractivity contribution in [1.82, 2.24) is 23.9 Å². The fourth-order valence-corrected chi connectivity index (χ4v) is 5.57. The Balaban J connectivity index is 1.99. The smallest absolute Gasteiger partial charge is 0.279 e. The molecule has 0 unspecified atom stereocenters. The van der Waals surface area contributed by atoms with Crippen molar-refractivity contribution >= 4 is 26.0 Å². The van der Waals surface area contributed by atoms with Crippen LogP contribution in [0.2, 0.25) is 0 Å². The van der Waals surface area contributed by atoms with Crippen LogP contribution < -0.4 is 10.0 Å². The van der Waals surface area contributed by atoms with E-state index in [0.717, 1.165) is 16.6 Å². The predicted molar refractivity (Wildman–Crippen MR) is 96.3 cm³/mol. The average molecular weight is 408 g/mol. The number of carbonyl (C=O) groups excluding carboxylic acids is 1. The van der Waals surface area contributed by atoms with Crippen LogP contribution in [0, 0.1) is 0 Å². The Hall–Kier alpha value is -1.50. The number of nitrogens with zero attached hydrogens (tertiary/aromatic N) is 3. The number of amides is 1. The van der Waals surface area contributed by atoms with Gasteiger partial charge in [0.25, 0.3) is 10.2 Å². The van der Waals surface area contributed by atoms with Gasteiger partial charge < -0.3 is 9.88 Å². The van der Waals surface area contributed by atoms with Crippen LogP contribution in [-0.2, 0) is 37.8 Å². The Labute approximate surface area is 154 Å². The molecule has 148 valence electrons. The highest BCUT2D eigenvalue weighted by molar-refractivity contribution is 7.92. The molecular formula is C14H25N5O5S2. The number of carbonyl (C=O) groups is 1. The zero-order valence-corrected chi connectivity index (χ0v) is 16.7. The molecule has 1 saturated heterocycles. The Morgan fingerprint density at radius 3 is 2.62 bits per heavy atom. The highest BCUT2D eigenvalue weighted by Gasteiger charge is 2.40. The predicted octanol–water partition coefficient (Wildman–Crippen LogP) is -1.49. The zero-order chi connectivity index (χ0) is 19.5. The molecule has 1 aliphatic heterocycles. The molecule has 0 aliphatic carbocycles. The Morgan fingerprint density at radius 2 is 2.00 bits per heavy atom. The maximum atomic E-state index is 12.2. The number of imidazole rings is 1. The van der Waals surface area contributed by atoms with Crippen LogP contribution in [0.1, 0.15) is 19.2 Å². The largest absolute Gasteiger partial charge is 0.351 e. The number of aromatic nitrogens is 2. The molecule has 0 saturated carbocycles. The third kappa shape index (κ3) is 5.25. The third-order valence-electron chi connectivity index (χ3n) is 4.18. The molecule has 2 rings (SSSR count). The molecule has 2 atom stereocenters. The van der Waals surface area contributed by atoms with E-state index in [1.165, 1.54) is 14.1 Å². The summed E-state index contributed by atoms with van der Waals surface area (Å²) >= 11 is 0. The topological polar surface area (TPSA) is 130 Å². The van der Waals surface area contributed by atoms with Gasteiger partial charge in [-0.05, 0) is 0 Å². The van der Waals surface area contributed by atoms with Gasteiger partial charge in [0.05, 0.1) is 23.6 Å². The van der Waals surface area contributed by atoms with Crippen molar-refractivity contribution in [2.24, 2.45) is 0 Å². The lowest BCUT2D eigenvalue weighted by Gasteiger charge is -2.22. The van der Waals surface area contributed by atoms with E-state index in [9.17, 15) is 21.6 Å². The number of hydrogen-bond acceptors (Lipinski definition) is 6. The molecule has 12 heteroatoms. The lowest BCUT2D eigenvalue weighted by molar-refractivity contribution is -0.122. The molecule has 0 bridgehead atoms. The summed E-state index contributed by atoms with van der Waals surface area (Å²) in [6.07, 6.45) is 4.32.